The van der Waals surface area contributed by atoms with Gasteiger partial charge in [0.25, 0.3) is 5.91 Å². The molecule has 2 aromatic rings. The lowest BCUT2D eigenvalue weighted by molar-refractivity contribution is 0.102. The molecule has 1 amide bonds. The average molecular weight is 321 g/mol. The summed E-state index contributed by atoms with van der Waals surface area (Å²) in [6.07, 6.45) is 5.59. The van der Waals surface area contributed by atoms with E-state index in [4.69, 9.17) is 0 Å². The van der Waals surface area contributed by atoms with E-state index in [2.05, 4.69) is 38.1 Å². The molecule has 2 aromatic heterocycles. The maximum Gasteiger partial charge on any atom is 0.279 e. The van der Waals surface area contributed by atoms with Gasteiger partial charge in [-0.15, -0.1) is 15.3 Å². The zero-order valence-corrected chi connectivity index (χ0v) is 13.3. The van der Waals surface area contributed by atoms with Gasteiger partial charge in [-0.25, -0.2) is 4.68 Å². The molecule has 0 atom stereocenters. The fourth-order valence-corrected chi connectivity index (χ4v) is 3.25. The van der Waals surface area contributed by atoms with Crippen molar-refractivity contribution in [3.05, 3.63) is 16.9 Å². The number of anilines is 1. The van der Waals surface area contributed by atoms with E-state index < -0.39 is 0 Å². The number of amides is 1. The molecule has 1 aliphatic rings. The van der Waals surface area contributed by atoms with E-state index in [1.54, 1.807) is 10.9 Å². The van der Waals surface area contributed by atoms with Crippen LogP contribution >= 0.6 is 11.3 Å². The molecular formula is C13H19N7OS. The van der Waals surface area contributed by atoms with Gasteiger partial charge in [0, 0.05) is 6.42 Å². The molecular weight excluding hydrogens is 302 g/mol. The summed E-state index contributed by atoms with van der Waals surface area (Å²) >= 11 is 1.40. The van der Waals surface area contributed by atoms with Crippen molar-refractivity contribution in [3.8, 4) is 0 Å². The fourth-order valence-electron chi connectivity index (χ4n) is 2.41. The van der Waals surface area contributed by atoms with Crippen LogP contribution in [0.2, 0.25) is 0 Å². The fraction of sp³-hybridized carbons (Fsp3) is 0.615. The van der Waals surface area contributed by atoms with Crippen molar-refractivity contribution in [2.75, 3.05) is 18.4 Å². The van der Waals surface area contributed by atoms with Crippen molar-refractivity contribution in [2.24, 2.45) is 0 Å². The summed E-state index contributed by atoms with van der Waals surface area (Å²) < 4.78 is 1.79. The number of piperidine rings is 1. The SMILES string of the molecule is CCCc1nnc(NC(=O)c2cn(C3CCNCC3)nn2)s1. The molecule has 0 unspecified atom stereocenters. The van der Waals surface area contributed by atoms with E-state index in [0.29, 0.717) is 16.9 Å². The molecule has 2 N–H and O–H groups in total. The van der Waals surface area contributed by atoms with Crippen molar-refractivity contribution in [2.45, 2.75) is 38.6 Å². The Morgan fingerprint density at radius 2 is 2.23 bits per heavy atom. The molecule has 3 rings (SSSR count). The Bertz CT molecular complexity index is 632. The number of aromatic nitrogens is 5. The predicted octanol–water partition coefficient (Wildman–Crippen LogP) is 1.26. The number of carbonyl (C=O) groups excluding carboxylic acids is 1. The summed E-state index contributed by atoms with van der Waals surface area (Å²) in [5.74, 6) is -0.292. The molecule has 1 fully saturated rings. The van der Waals surface area contributed by atoms with Crippen LogP contribution in [0.3, 0.4) is 0 Å². The van der Waals surface area contributed by atoms with Crippen LogP contribution in [0.15, 0.2) is 6.20 Å². The van der Waals surface area contributed by atoms with E-state index in [1.807, 2.05) is 0 Å². The van der Waals surface area contributed by atoms with Gasteiger partial charge < -0.3 is 5.32 Å². The summed E-state index contributed by atoms with van der Waals surface area (Å²) in [5, 5.41) is 23.5. The van der Waals surface area contributed by atoms with Gasteiger partial charge in [-0.3, -0.25) is 10.1 Å². The number of nitrogens with zero attached hydrogens (tertiary/aromatic N) is 5. The van der Waals surface area contributed by atoms with Gasteiger partial charge in [-0.1, -0.05) is 23.5 Å². The second-order valence-electron chi connectivity index (χ2n) is 5.27. The van der Waals surface area contributed by atoms with Crippen LogP contribution in [0.25, 0.3) is 0 Å². The summed E-state index contributed by atoms with van der Waals surface area (Å²) in [5.41, 5.74) is 0.311. The lowest BCUT2D eigenvalue weighted by atomic mass is 10.1. The number of rotatable bonds is 5. The molecule has 0 radical (unpaired) electrons. The number of carbonyl (C=O) groups is 1. The number of hydrogen-bond donors (Lipinski definition) is 2. The number of aryl methyl sites for hydroxylation is 1. The van der Waals surface area contributed by atoms with Crippen LogP contribution in [-0.4, -0.2) is 44.2 Å². The quantitative estimate of drug-likeness (QED) is 0.860. The maximum absolute atomic E-state index is 12.2. The molecule has 3 heterocycles. The Labute approximate surface area is 132 Å². The van der Waals surface area contributed by atoms with Crippen molar-refractivity contribution < 1.29 is 4.79 Å². The van der Waals surface area contributed by atoms with Gasteiger partial charge >= 0.3 is 0 Å². The highest BCUT2D eigenvalue weighted by molar-refractivity contribution is 7.15. The lowest BCUT2D eigenvalue weighted by Crippen LogP contribution is -2.29. The normalized spacial score (nSPS) is 15.9. The minimum atomic E-state index is -0.292. The summed E-state index contributed by atoms with van der Waals surface area (Å²) in [6, 6.07) is 0.313. The van der Waals surface area contributed by atoms with Crippen LogP contribution < -0.4 is 10.6 Å². The Kier molecular flexibility index (Phi) is 4.74. The Balaban J connectivity index is 1.63. The van der Waals surface area contributed by atoms with Crippen LogP contribution in [-0.2, 0) is 6.42 Å². The van der Waals surface area contributed by atoms with Crippen molar-refractivity contribution in [3.63, 3.8) is 0 Å². The Morgan fingerprint density at radius 1 is 1.41 bits per heavy atom. The van der Waals surface area contributed by atoms with Crippen molar-refractivity contribution in [1.82, 2.24) is 30.5 Å². The van der Waals surface area contributed by atoms with Gasteiger partial charge in [-0.2, -0.15) is 0 Å². The third-order valence-corrected chi connectivity index (χ3v) is 4.48. The smallest absolute Gasteiger partial charge is 0.279 e. The summed E-state index contributed by atoms with van der Waals surface area (Å²) in [4.78, 5) is 12.2. The zero-order valence-electron chi connectivity index (χ0n) is 12.4. The minimum Gasteiger partial charge on any atom is -0.317 e. The van der Waals surface area contributed by atoms with Gasteiger partial charge in [0.1, 0.15) is 5.01 Å². The Morgan fingerprint density at radius 3 is 3.00 bits per heavy atom. The topological polar surface area (TPSA) is 97.6 Å². The van der Waals surface area contributed by atoms with Crippen LogP contribution in [0.1, 0.15) is 47.7 Å². The van der Waals surface area contributed by atoms with Crippen LogP contribution in [0, 0.1) is 0 Å². The molecule has 0 aromatic carbocycles. The van der Waals surface area contributed by atoms with Gasteiger partial charge in [0.05, 0.1) is 12.2 Å². The molecule has 9 heteroatoms. The number of nitrogens with one attached hydrogen (secondary N) is 2. The molecule has 1 saturated heterocycles. The standard InChI is InChI=1S/C13H19N7OS/c1-2-3-11-17-18-13(22-11)15-12(21)10-8-20(19-16-10)9-4-6-14-7-5-9/h8-9,14H,2-7H2,1H3,(H,15,18,21). The molecule has 0 saturated carbocycles. The zero-order chi connectivity index (χ0) is 15.4. The van der Waals surface area contributed by atoms with Crippen LogP contribution in [0.5, 0.6) is 0 Å². The largest absolute Gasteiger partial charge is 0.317 e. The maximum atomic E-state index is 12.2. The van der Waals surface area contributed by atoms with E-state index in [0.717, 1.165) is 43.8 Å². The van der Waals surface area contributed by atoms with E-state index >= 15 is 0 Å². The highest BCUT2D eigenvalue weighted by Gasteiger charge is 2.19. The van der Waals surface area contributed by atoms with Gasteiger partial charge in [0.15, 0.2) is 5.69 Å². The first-order valence-corrected chi connectivity index (χ1v) is 8.34. The monoisotopic (exact) mass is 321 g/mol. The van der Waals surface area contributed by atoms with E-state index in [-0.39, 0.29) is 5.91 Å². The molecule has 0 bridgehead atoms. The second kappa shape index (κ2) is 6.93. The first kappa shape index (κ1) is 15.0. The average Bonchev–Trinajstić information content (AvgIpc) is 3.18. The molecule has 22 heavy (non-hydrogen) atoms. The van der Waals surface area contributed by atoms with Crippen LogP contribution in [0.4, 0.5) is 5.13 Å². The second-order valence-corrected chi connectivity index (χ2v) is 6.33. The molecule has 1 aliphatic heterocycles. The minimum absolute atomic E-state index is 0.292. The third-order valence-electron chi connectivity index (χ3n) is 3.58. The van der Waals surface area contributed by atoms with E-state index in [1.165, 1.54) is 11.3 Å². The highest BCUT2D eigenvalue weighted by Crippen LogP contribution is 2.19. The van der Waals surface area contributed by atoms with Gasteiger partial charge in [-0.05, 0) is 32.4 Å². The van der Waals surface area contributed by atoms with Gasteiger partial charge in [0.2, 0.25) is 5.13 Å². The highest BCUT2D eigenvalue weighted by atomic mass is 32.1. The molecule has 0 aliphatic carbocycles. The van der Waals surface area contributed by atoms with E-state index in [9.17, 15) is 4.79 Å². The first-order chi connectivity index (χ1) is 10.8. The molecule has 8 nitrogen and oxygen atoms in total. The summed E-state index contributed by atoms with van der Waals surface area (Å²) in [6.45, 7) is 4.02. The third kappa shape index (κ3) is 3.47. The molecule has 0 spiro atoms. The lowest BCUT2D eigenvalue weighted by Gasteiger charge is -2.21. The van der Waals surface area contributed by atoms with Crippen molar-refractivity contribution >= 4 is 22.4 Å². The summed E-state index contributed by atoms with van der Waals surface area (Å²) in [7, 11) is 0. The van der Waals surface area contributed by atoms with Crippen molar-refractivity contribution in [1.29, 1.82) is 0 Å². The Hall–Kier alpha value is -1.87. The number of hydrogen-bond acceptors (Lipinski definition) is 7. The molecule has 118 valence electrons. The first-order valence-electron chi connectivity index (χ1n) is 7.52. The predicted molar refractivity (Wildman–Crippen MR) is 83.0 cm³/mol.